The van der Waals surface area contributed by atoms with Crippen LogP contribution < -0.4 is 10.6 Å². The Morgan fingerprint density at radius 1 is 1.05 bits per heavy atom. The Hall–Kier alpha value is -1.04. The number of carbonyl (C=O) groups excluding carboxylic acids is 2. The van der Waals surface area contributed by atoms with E-state index in [1.54, 1.807) is 0 Å². The molecule has 0 aromatic carbocycles. The molecule has 4 aliphatic carbocycles. The van der Waals surface area contributed by atoms with Crippen molar-refractivity contribution in [2.24, 2.45) is 22.7 Å². The van der Waals surface area contributed by atoms with Crippen molar-refractivity contribution in [1.82, 2.24) is 10.6 Å². The molecule has 5 nitrogen and oxygen atoms in total. The van der Waals surface area contributed by atoms with Crippen molar-refractivity contribution < 1.29 is 9.59 Å². The predicted octanol–water partition coefficient (Wildman–Crippen LogP) is 1.29. The lowest BCUT2D eigenvalue weighted by Crippen LogP contribution is -2.61. The SMILES string of the molecule is O=C(NC1=NCCS1)C(=O)NC12CC3CC(CC(C3)C1)C2. The van der Waals surface area contributed by atoms with Crippen LogP contribution in [-0.2, 0) is 9.59 Å². The molecule has 114 valence electrons. The van der Waals surface area contributed by atoms with Crippen LogP contribution in [0, 0.1) is 17.8 Å². The van der Waals surface area contributed by atoms with E-state index in [1.165, 1.54) is 31.0 Å². The van der Waals surface area contributed by atoms with Crippen LogP contribution in [0.25, 0.3) is 0 Å². The largest absolute Gasteiger partial charge is 0.342 e. The Bertz CT molecular complexity index is 482. The van der Waals surface area contributed by atoms with E-state index in [1.807, 2.05) is 0 Å². The Balaban J connectivity index is 1.41. The average molecular weight is 307 g/mol. The molecule has 2 N–H and O–H groups in total. The van der Waals surface area contributed by atoms with Gasteiger partial charge < -0.3 is 5.32 Å². The highest BCUT2D eigenvalue weighted by atomic mass is 32.2. The van der Waals surface area contributed by atoms with Gasteiger partial charge in [0.25, 0.3) is 0 Å². The molecule has 21 heavy (non-hydrogen) atoms. The summed E-state index contributed by atoms with van der Waals surface area (Å²) >= 11 is 1.50. The van der Waals surface area contributed by atoms with Gasteiger partial charge in [-0.2, -0.15) is 0 Å². The fraction of sp³-hybridized carbons (Fsp3) is 0.800. The number of aliphatic imine (C=N–C) groups is 1. The van der Waals surface area contributed by atoms with Crippen molar-refractivity contribution in [2.45, 2.75) is 44.1 Å². The second kappa shape index (κ2) is 5.00. The molecule has 4 fully saturated rings. The zero-order chi connectivity index (χ0) is 14.4. The molecule has 4 bridgehead atoms. The van der Waals surface area contributed by atoms with E-state index >= 15 is 0 Å². The molecule has 0 saturated heterocycles. The van der Waals surface area contributed by atoms with E-state index in [0.717, 1.165) is 49.3 Å². The molecule has 5 aliphatic rings. The zero-order valence-corrected chi connectivity index (χ0v) is 12.9. The van der Waals surface area contributed by atoms with Gasteiger partial charge in [0, 0.05) is 11.3 Å². The second-order valence-corrected chi connectivity index (χ2v) is 8.23. The van der Waals surface area contributed by atoms with Crippen molar-refractivity contribution in [1.29, 1.82) is 0 Å². The van der Waals surface area contributed by atoms with Crippen molar-refractivity contribution >= 4 is 28.7 Å². The topological polar surface area (TPSA) is 70.6 Å². The lowest BCUT2D eigenvalue weighted by Gasteiger charge is -2.56. The van der Waals surface area contributed by atoms with Crippen LogP contribution >= 0.6 is 11.8 Å². The first-order valence-corrected chi connectivity index (χ1v) is 8.91. The Morgan fingerprint density at radius 3 is 2.19 bits per heavy atom. The van der Waals surface area contributed by atoms with Crippen LogP contribution in [0.4, 0.5) is 0 Å². The summed E-state index contributed by atoms with van der Waals surface area (Å²) in [6.45, 7) is 0.719. The summed E-state index contributed by atoms with van der Waals surface area (Å²) in [5.74, 6) is 2.12. The zero-order valence-electron chi connectivity index (χ0n) is 12.1. The third-order valence-corrected chi connectivity index (χ3v) is 6.32. The van der Waals surface area contributed by atoms with Gasteiger partial charge in [0.05, 0.1) is 6.54 Å². The van der Waals surface area contributed by atoms with Crippen molar-refractivity contribution in [3.05, 3.63) is 0 Å². The molecule has 0 aromatic heterocycles. The van der Waals surface area contributed by atoms with Gasteiger partial charge in [-0.3, -0.25) is 19.9 Å². The maximum Gasteiger partial charge on any atom is 0.315 e. The summed E-state index contributed by atoms with van der Waals surface area (Å²) in [6, 6.07) is 0. The summed E-state index contributed by atoms with van der Waals surface area (Å²) in [5, 5.41) is 6.29. The highest BCUT2D eigenvalue weighted by Gasteiger charge is 2.51. The smallest absolute Gasteiger partial charge is 0.315 e. The van der Waals surface area contributed by atoms with Crippen LogP contribution in [-0.4, -0.2) is 34.8 Å². The van der Waals surface area contributed by atoms with Crippen molar-refractivity contribution in [3.63, 3.8) is 0 Å². The van der Waals surface area contributed by atoms with Gasteiger partial charge in [-0.1, -0.05) is 11.8 Å². The number of amides is 2. The van der Waals surface area contributed by atoms with Gasteiger partial charge in [0.2, 0.25) is 0 Å². The quantitative estimate of drug-likeness (QED) is 0.717. The number of hydrogen-bond acceptors (Lipinski definition) is 4. The first kappa shape index (κ1) is 13.6. The van der Waals surface area contributed by atoms with Gasteiger partial charge in [-0.25, -0.2) is 0 Å². The normalized spacial score (nSPS) is 40.0. The van der Waals surface area contributed by atoms with E-state index in [4.69, 9.17) is 0 Å². The standard InChI is InChI=1S/C15H21N3O2S/c19-12(17-14-16-1-2-21-14)13(20)18-15-6-9-3-10(7-15)5-11(4-9)8-15/h9-11H,1-8H2,(H,18,20)(H,16,17,19). The Kier molecular flexibility index (Phi) is 3.24. The minimum Gasteiger partial charge on any atom is -0.342 e. The van der Waals surface area contributed by atoms with Gasteiger partial charge in [0.1, 0.15) is 0 Å². The minimum atomic E-state index is -0.557. The third kappa shape index (κ3) is 2.58. The number of nitrogens with one attached hydrogen (secondary N) is 2. The van der Waals surface area contributed by atoms with Gasteiger partial charge in [-0.05, 0) is 56.3 Å². The predicted molar refractivity (Wildman–Crippen MR) is 81.9 cm³/mol. The highest BCUT2D eigenvalue weighted by Crippen LogP contribution is 2.55. The number of hydrogen-bond donors (Lipinski definition) is 2. The molecule has 0 unspecified atom stereocenters. The molecule has 5 rings (SSSR count). The van der Waals surface area contributed by atoms with Crippen LogP contribution in [0.2, 0.25) is 0 Å². The van der Waals surface area contributed by atoms with E-state index in [0.29, 0.717) is 5.17 Å². The lowest BCUT2D eigenvalue weighted by molar-refractivity contribution is -0.141. The number of nitrogens with zero attached hydrogens (tertiary/aromatic N) is 1. The monoisotopic (exact) mass is 307 g/mol. The highest BCUT2D eigenvalue weighted by molar-refractivity contribution is 8.14. The molecule has 0 aromatic rings. The maximum atomic E-state index is 12.2. The van der Waals surface area contributed by atoms with Crippen molar-refractivity contribution in [2.75, 3.05) is 12.3 Å². The molecule has 2 amide bonds. The summed E-state index contributed by atoms with van der Waals surface area (Å²) in [5.41, 5.74) is -0.103. The van der Waals surface area contributed by atoms with Crippen molar-refractivity contribution in [3.8, 4) is 0 Å². The van der Waals surface area contributed by atoms with E-state index < -0.39 is 11.8 Å². The summed E-state index contributed by atoms with van der Waals surface area (Å²) in [6.07, 6.45) is 7.17. The number of amidine groups is 1. The first-order valence-electron chi connectivity index (χ1n) is 7.93. The maximum absolute atomic E-state index is 12.2. The average Bonchev–Trinajstić information content (AvgIpc) is 2.89. The minimum absolute atomic E-state index is 0.103. The molecule has 0 radical (unpaired) electrons. The molecule has 4 saturated carbocycles. The fourth-order valence-electron chi connectivity index (χ4n) is 5.13. The molecule has 6 heteroatoms. The second-order valence-electron chi connectivity index (χ2n) is 7.14. The fourth-order valence-corrected chi connectivity index (χ4v) is 5.85. The van der Waals surface area contributed by atoms with E-state index in [-0.39, 0.29) is 5.54 Å². The van der Waals surface area contributed by atoms with Gasteiger partial charge >= 0.3 is 11.8 Å². The van der Waals surface area contributed by atoms with E-state index in [2.05, 4.69) is 15.6 Å². The summed E-state index contributed by atoms with van der Waals surface area (Å²) in [4.78, 5) is 28.4. The lowest BCUT2D eigenvalue weighted by atomic mass is 9.53. The molecule has 0 spiro atoms. The molecular formula is C15H21N3O2S. The Labute approximate surface area is 128 Å². The number of carbonyl (C=O) groups is 2. The molecular weight excluding hydrogens is 286 g/mol. The number of thioether (sulfide) groups is 1. The van der Waals surface area contributed by atoms with E-state index in [9.17, 15) is 9.59 Å². The summed E-state index contributed by atoms with van der Waals surface area (Å²) < 4.78 is 0. The van der Waals surface area contributed by atoms with Crippen LogP contribution in [0.15, 0.2) is 4.99 Å². The molecule has 1 aliphatic heterocycles. The van der Waals surface area contributed by atoms with Gasteiger partial charge in [0.15, 0.2) is 5.17 Å². The first-order chi connectivity index (χ1) is 10.1. The van der Waals surface area contributed by atoms with Crippen LogP contribution in [0.3, 0.4) is 0 Å². The van der Waals surface area contributed by atoms with Crippen LogP contribution in [0.5, 0.6) is 0 Å². The summed E-state index contributed by atoms with van der Waals surface area (Å²) in [7, 11) is 0. The molecule has 1 heterocycles. The third-order valence-electron chi connectivity index (χ3n) is 5.43. The van der Waals surface area contributed by atoms with Crippen LogP contribution in [0.1, 0.15) is 38.5 Å². The molecule has 0 atom stereocenters. The Morgan fingerprint density at radius 2 is 1.67 bits per heavy atom. The number of rotatable bonds is 1. The van der Waals surface area contributed by atoms with Gasteiger partial charge in [-0.15, -0.1) is 0 Å².